The summed E-state index contributed by atoms with van der Waals surface area (Å²) >= 11 is 0. The highest BCUT2D eigenvalue weighted by molar-refractivity contribution is 7.89. The van der Waals surface area contributed by atoms with Gasteiger partial charge in [-0.3, -0.25) is 4.79 Å². The number of rotatable bonds is 4. The molecule has 0 saturated carbocycles. The van der Waals surface area contributed by atoms with Gasteiger partial charge in [-0.15, -0.1) is 0 Å². The molecule has 20 heavy (non-hydrogen) atoms. The van der Waals surface area contributed by atoms with Crippen molar-refractivity contribution in [2.75, 3.05) is 33.2 Å². The Morgan fingerprint density at radius 2 is 1.85 bits per heavy atom. The van der Waals surface area contributed by atoms with Gasteiger partial charge in [-0.25, -0.2) is 8.42 Å². The number of piperazine rings is 1. The minimum Gasteiger partial charge on any atom is -0.343 e. The number of likely N-dealkylation sites (N-methyl/N-ethyl adjacent to an activating group) is 1. The second-order valence-corrected chi connectivity index (χ2v) is 6.77. The first-order valence-corrected chi connectivity index (χ1v) is 7.92. The van der Waals surface area contributed by atoms with Crippen molar-refractivity contribution >= 4 is 15.9 Å². The summed E-state index contributed by atoms with van der Waals surface area (Å²) in [5, 5.41) is 0. The first-order chi connectivity index (χ1) is 9.45. The van der Waals surface area contributed by atoms with E-state index in [1.807, 2.05) is 0 Å². The highest BCUT2D eigenvalue weighted by Gasteiger charge is 2.31. The Morgan fingerprint density at radius 1 is 1.20 bits per heavy atom. The van der Waals surface area contributed by atoms with Crippen LogP contribution in [0.5, 0.6) is 0 Å². The molecular weight excluding hydrogens is 278 g/mol. The van der Waals surface area contributed by atoms with Crippen LogP contribution in [0.2, 0.25) is 0 Å². The van der Waals surface area contributed by atoms with Gasteiger partial charge >= 0.3 is 0 Å². The monoisotopic (exact) mass is 297 g/mol. The summed E-state index contributed by atoms with van der Waals surface area (Å²) < 4.78 is 26.1. The molecule has 1 heterocycles. The third kappa shape index (κ3) is 3.00. The maximum absolute atomic E-state index is 12.4. The van der Waals surface area contributed by atoms with Gasteiger partial charge in [0.25, 0.3) is 0 Å². The van der Waals surface area contributed by atoms with Crippen LogP contribution < -0.4 is 5.73 Å². The van der Waals surface area contributed by atoms with Gasteiger partial charge in [0, 0.05) is 20.1 Å². The van der Waals surface area contributed by atoms with Crippen molar-refractivity contribution in [1.29, 1.82) is 0 Å². The van der Waals surface area contributed by atoms with E-state index in [4.69, 9.17) is 5.73 Å². The van der Waals surface area contributed by atoms with Gasteiger partial charge in [0.15, 0.2) is 0 Å². The summed E-state index contributed by atoms with van der Waals surface area (Å²) in [6.45, 7) is 1.18. The van der Waals surface area contributed by atoms with E-state index in [-0.39, 0.29) is 17.3 Å². The molecule has 6 nitrogen and oxygen atoms in total. The Hall–Kier alpha value is -1.44. The van der Waals surface area contributed by atoms with Crippen molar-refractivity contribution in [3.63, 3.8) is 0 Å². The van der Waals surface area contributed by atoms with Crippen molar-refractivity contribution < 1.29 is 13.2 Å². The van der Waals surface area contributed by atoms with Crippen LogP contribution in [0.25, 0.3) is 0 Å². The second-order valence-electron chi connectivity index (χ2n) is 4.84. The Labute approximate surface area is 119 Å². The van der Waals surface area contributed by atoms with E-state index in [0.717, 1.165) is 5.56 Å². The number of nitrogens with zero attached hydrogens (tertiary/aromatic N) is 2. The van der Waals surface area contributed by atoms with Gasteiger partial charge in [0.05, 0.1) is 11.4 Å². The molecule has 0 spiro atoms. The van der Waals surface area contributed by atoms with Gasteiger partial charge in [0.1, 0.15) is 0 Å². The highest BCUT2D eigenvalue weighted by atomic mass is 32.2. The lowest BCUT2D eigenvalue weighted by Gasteiger charge is -2.31. The van der Waals surface area contributed by atoms with Crippen molar-refractivity contribution in [2.24, 2.45) is 5.73 Å². The predicted molar refractivity (Wildman–Crippen MR) is 75.6 cm³/mol. The third-order valence-electron chi connectivity index (χ3n) is 3.42. The van der Waals surface area contributed by atoms with E-state index in [9.17, 15) is 13.2 Å². The molecular formula is C13H19N3O3S. The molecule has 0 unspecified atom stereocenters. The Kier molecular flexibility index (Phi) is 4.42. The van der Waals surface area contributed by atoms with Crippen molar-refractivity contribution in [1.82, 2.24) is 9.21 Å². The fourth-order valence-corrected chi connectivity index (χ4v) is 3.47. The zero-order valence-corrected chi connectivity index (χ0v) is 12.3. The van der Waals surface area contributed by atoms with Crippen LogP contribution in [0.3, 0.4) is 0 Å². The molecule has 1 aromatic carbocycles. The van der Waals surface area contributed by atoms with Gasteiger partial charge < -0.3 is 10.6 Å². The molecule has 1 amide bonds. The number of hydrogen-bond acceptors (Lipinski definition) is 4. The van der Waals surface area contributed by atoms with Crippen LogP contribution in [0, 0.1) is 0 Å². The normalized spacial score (nSPS) is 17.5. The maximum Gasteiger partial charge on any atom is 0.243 e. The molecule has 2 N–H and O–H groups in total. The highest BCUT2D eigenvalue weighted by Crippen LogP contribution is 2.18. The summed E-state index contributed by atoms with van der Waals surface area (Å²) in [6, 6.07) is 6.67. The molecule has 7 heteroatoms. The number of benzene rings is 1. The molecule has 0 aromatic heterocycles. The molecule has 1 fully saturated rings. The van der Waals surface area contributed by atoms with Gasteiger partial charge in [-0.2, -0.15) is 4.31 Å². The molecule has 0 aliphatic carbocycles. The van der Waals surface area contributed by atoms with Crippen molar-refractivity contribution in [2.45, 2.75) is 11.3 Å². The average Bonchev–Trinajstić information content (AvgIpc) is 2.43. The maximum atomic E-state index is 12.4. The fraction of sp³-hybridized carbons (Fsp3) is 0.462. The summed E-state index contributed by atoms with van der Waals surface area (Å²) in [5.74, 6) is -0.181. The Morgan fingerprint density at radius 3 is 2.40 bits per heavy atom. The standard InChI is InChI=1S/C13H19N3O3S/c1-15-8-9-16(10-13(15)17)20(18,19)12-4-2-11(3-5-12)6-7-14/h2-5H,6-10,14H2,1H3. The Balaban J connectivity index is 2.19. The van der Waals surface area contributed by atoms with Crippen LogP contribution in [0.4, 0.5) is 0 Å². The zero-order valence-electron chi connectivity index (χ0n) is 11.4. The molecule has 1 saturated heterocycles. The van der Waals surface area contributed by atoms with Crippen LogP contribution >= 0.6 is 0 Å². The van der Waals surface area contributed by atoms with Crippen LogP contribution in [-0.4, -0.2) is 56.8 Å². The van der Waals surface area contributed by atoms with Gasteiger partial charge in [-0.05, 0) is 30.7 Å². The number of sulfonamides is 1. The molecule has 0 atom stereocenters. The quantitative estimate of drug-likeness (QED) is 0.823. The number of carbonyl (C=O) groups excluding carboxylic acids is 1. The lowest BCUT2D eigenvalue weighted by Crippen LogP contribution is -2.50. The minimum absolute atomic E-state index is 0.0939. The van der Waals surface area contributed by atoms with Crippen LogP contribution in [0.1, 0.15) is 5.56 Å². The topological polar surface area (TPSA) is 83.7 Å². The predicted octanol–water partition coefficient (Wildman–Crippen LogP) is -0.349. The average molecular weight is 297 g/mol. The lowest BCUT2D eigenvalue weighted by atomic mass is 10.2. The summed E-state index contributed by atoms with van der Waals surface area (Å²) in [7, 11) is -1.92. The van der Waals surface area contributed by atoms with Crippen molar-refractivity contribution in [3.05, 3.63) is 29.8 Å². The van der Waals surface area contributed by atoms with E-state index >= 15 is 0 Å². The van der Waals surface area contributed by atoms with Crippen LogP contribution in [-0.2, 0) is 21.2 Å². The molecule has 110 valence electrons. The van der Waals surface area contributed by atoms with Gasteiger partial charge in [0.2, 0.25) is 15.9 Å². The third-order valence-corrected chi connectivity index (χ3v) is 5.28. The van der Waals surface area contributed by atoms with E-state index in [1.165, 1.54) is 9.21 Å². The molecule has 1 aliphatic heterocycles. The van der Waals surface area contributed by atoms with E-state index < -0.39 is 10.0 Å². The fourth-order valence-electron chi connectivity index (χ4n) is 2.09. The summed E-state index contributed by atoms with van der Waals surface area (Å²) in [5.41, 5.74) is 6.46. The first kappa shape index (κ1) is 15.0. The minimum atomic E-state index is -3.60. The van der Waals surface area contributed by atoms with E-state index in [0.29, 0.717) is 26.1 Å². The largest absolute Gasteiger partial charge is 0.343 e. The molecule has 1 aliphatic rings. The second kappa shape index (κ2) is 5.90. The van der Waals surface area contributed by atoms with Gasteiger partial charge in [-0.1, -0.05) is 12.1 Å². The molecule has 0 radical (unpaired) electrons. The zero-order chi connectivity index (χ0) is 14.8. The summed E-state index contributed by atoms with van der Waals surface area (Å²) in [4.78, 5) is 13.4. The number of carbonyl (C=O) groups is 1. The Bertz CT molecular complexity index is 583. The first-order valence-electron chi connectivity index (χ1n) is 6.48. The van der Waals surface area contributed by atoms with E-state index in [1.54, 1.807) is 31.3 Å². The number of amides is 1. The molecule has 2 rings (SSSR count). The summed E-state index contributed by atoms with van der Waals surface area (Å²) in [6.07, 6.45) is 0.716. The number of nitrogens with two attached hydrogens (primary N) is 1. The van der Waals surface area contributed by atoms with Crippen LogP contribution in [0.15, 0.2) is 29.2 Å². The van der Waals surface area contributed by atoms with E-state index in [2.05, 4.69) is 0 Å². The number of hydrogen-bond donors (Lipinski definition) is 1. The molecule has 0 bridgehead atoms. The smallest absolute Gasteiger partial charge is 0.243 e. The van der Waals surface area contributed by atoms with Crippen molar-refractivity contribution in [3.8, 4) is 0 Å². The SMILES string of the molecule is CN1CCN(S(=O)(=O)c2ccc(CCN)cc2)CC1=O. The lowest BCUT2D eigenvalue weighted by molar-refractivity contribution is -0.132. The molecule has 1 aromatic rings.